The van der Waals surface area contributed by atoms with Crippen LogP contribution in [0.5, 0.6) is 0 Å². The fourth-order valence-electron chi connectivity index (χ4n) is 2.26. The van der Waals surface area contributed by atoms with Crippen molar-refractivity contribution in [1.82, 2.24) is 4.90 Å². The molecule has 0 fully saturated rings. The Morgan fingerprint density at radius 3 is 2.52 bits per heavy atom. The summed E-state index contributed by atoms with van der Waals surface area (Å²) < 4.78 is 14.7. The van der Waals surface area contributed by atoms with E-state index in [2.05, 4.69) is 15.9 Å². The first kappa shape index (κ1) is 15.7. The predicted molar refractivity (Wildman–Crippen MR) is 85.8 cm³/mol. The minimum absolute atomic E-state index is 0.129. The number of hydrogen-bond acceptors (Lipinski definition) is 1. The second-order valence-corrected chi connectivity index (χ2v) is 6.05. The number of nitrogens with zero attached hydrogens (tertiary/aromatic N) is 1. The second kappa shape index (κ2) is 6.39. The normalized spacial score (nSPS) is 12.0. The molecule has 0 aliphatic carbocycles. The topological polar surface area (TPSA) is 20.3 Å². The standard InChI is InChI=1S/C17H17BrFNO/c1-11-8-13(10-14(18)9-11)17(21)20(3)12(2)15-6-4-5-7-16(15)19/h4-10,12H,1-3H3. The van der Waals surface area contributed by atoms with E-state index < -0.39 is 0 Å². The molecule has 0 bridgehead atoms. The predicted octanol–water partition coefficient (Wildman–Crippen LogP) is 4.73. The summed E-state index contributed by atoms with van der Waals surface area (Å²) in [6.07, 6.45) is 0. The number of carbonyl (C=O) groups is 1. The molecule has 0 radical (unpaired) electrons. The summed E-state index contributed by atoms with van der Waals surface area (Å²) in [6.45, 7) is 3.75. The van der Waals surface area contributed by atoms with Gasteiger partial charge in [0.05, 0.1) is 6.04 Å². The van der Waals surface area contributed by atoms with Crippen molar-refractivity contribution in [3.63, 3.8) is 0 Å². The van der Waals surface area contributed by atoms with Crippen molar-refractivity contribution in [2.45, 2.75) is 19.9 Å². The van der Waals surface area contributed by atoms with Crippen molar-refractivity contribution in [3.8, 4) is 0 Å². The Labute approximate surface area is 132 Å². The molecule has 0 saturated heterocycles. The highest BCUT2D eigenvalue weighted by molar-refractivity contribution is 9.10. The summed E-state index contributed by atoms with van der Waals surface area (Å²) in [7, 11) is 1.69. The van der Waals surface area contributed by atoms with Gasteiger partial charge in [-0.2, -0.15) is 0 Å². The fourth-order valence-corrected chi connectivity index (χ4v) is 2.87. The van der Waals surface area contributed by atoms with E-state index in [1.807, 2.05) is 26.0 Å². The Kier molecular flexibility index (Phi) is 4.78. The van der Waals surface area contributed by atoms with Crippen LogP contribution in [-0.4, -0.2) is 17.9 Å². The van der Waals surface area contributed by atoms with E-state index in [4.69, 9.17) is 0 Å². The first-order valence-electron chi connectivity index (χ1n) is 6.69. The van der Waals surface area contributed by atoms with Crippen LogP contribution >= 0.6 is 15.9 Å². The largest absolute Gasteiger partial charge is 0.335 e. The van der Waals surface area contributed by atoms with Crippen molar-refractivity contribution in [3.05, 3.63) is 69.4 Å². The van der Waals surface area contributed by atoms with Crippen LogP contribution in [0.2, 0.25) is 0 Å². The maximum Gasteiger partial charge on any atom is 0.254 e. The summed E-state index contributed by atoms with van der Waals surface area (Å²) in [5.74, 6) is -0.426. The SMILES string of the molecule is Cc1cc(Br)cc(C(=O)N(C)C(C)c2ccccc2F)c1. The minimum Gasteiger partial charge on any atom is -0.335 e. The van der Waals surface area contributed by atoms with Crippen molar-refractivity contribution >= 4 is 21.8 Å². The lowest BCUT2D eigenvalue weighted by atomic mass is 10.0. The highest BCUT2D eigenvalue weighted by atomic mass is 79.9. The van der Waals surface area contributed by atoms with E-state index >= 15 is 0 Å². The van der Waals surface area contributed by atoms with Gasteiger partial charge >= 0.3 is 0 Å². The number of amides is 1. The molecule has 0 aliphatic heterocycles. The zero-order valence-corrected chi connectivity index (χ0v) is 13.8. The van der Waals surface area contributed by atoms with Crippen LogP contribution < -0.4 is 0 Å². The monoisotopic (exact) mass is 349 g/mol. The summed E-state index contributed by atoms with van der Waals surface area (Å²) in [5, 5.41) is 0. The highest BCUT2D eigenvalue weighted by Crippen LogP contribution is 2.24. The molecule has 2 aromatic carbocycles. The molecule has 21 heavy (non-hydrogen) atoms. The van der Waals surface area contributed by atoms with Gasteiger partial charge in [-0.3, -0.25) is 4.79 Å². The van der Waals surface area contributed by atoms with Gasteiger partial charge in [-0.1, -0.05) is 34.1 Å². The smallest absolute Gasteiger partial charge is 0.254 e. The zero-order chi connectivity index (χ0) is 15.6. The lowest BCUT2D eigenvalue weighted by molar-refractivity contribution is 0.0740. The van der Waals surface area contributed by atoms with Gasteiger partial charge < -0.3 is 4.90 Å². The molecule has 1 amide bonds. The third kappa shape index (κ3) is 3.50. The third-order valence-corrected chi connectivity index (χ3v) is 4.00. The Morgan fingerprint density at radius 1 is 1.24 bits per heavy atom. The Hall–Kier alpha value is -1.68. The molecule has 0 spiro atoms. The first-order chi connectivity index (χ1) is 9.90. The molecule has 2 nitrogen and oxygen atoms in total. The van der Waals surface area contributed by atoms with Crippen LogP contribution in [0.25, 0.3) is 0 Å². The summed E-state index contributed by atoms with van der Waals surface area (Å²) >= 11 is 3.39. The number of carbonyl (C=O) groups excluding carboxylic acids is 1. The van der Waals surface area contributed by atoms with Crippen LogP contribution in [-0.2, 0) is 0 Å². The Balaban J connectivity index is 2.28. The zero-order valence-electron chi connectivity index (χ0n) is 12.2. The molecule has 2 rings (SSSR count). The summed E-state index contributed by atoms with van der Waals surface area (Å²) in [5.41, 5.74) is 2.10. The van der Waals surface area contributed by atoms with Crippen LogP contribution in [0.1, 0.15) is 34.5 Å². The van der Waals surface area contributed by atoms with E-state index in [0.29, 0.717) is 11.1 Å². The molecule has 1 atom stereocenters. The average Bonchev–Trinajstić information content (AvgIpc) is 2.44. The minimum atomic E-state index is -0.335. The van der Waals surface area contributed by atoms with Gasteiger partial charge in [0, 0.05) is 22.6 Å². The fraction of sp³-hybridized carbons (Fsp3) is 0.235. The second-order valence-electron chi connectivity index (χ2n) is 5.13. The quantitative estimate of drug-likeness (QED) is 0.784. The molecule has 0 saturated carbocycles. The lowest BCUT2D eigenvalue weighted by Gasteiger charge is -2.26. The van der Waals surface area contributed by atoms with Gasteiger partial charge in [0.15, 0.2) is 0 Å². The van der Waals surface area contributed by atoms with Crippen molar-refractivity contribution < 1.29 is 9.18 Å². The lowest BCUT2D eigenvalue weighted by Crippen LogP contribution is -2.30. The highest BCUT2D eigenvalue weighted by Gasteiger charge is 2.21. The van der Waals surface area contributed by atoms with Crippen molar-refractivity contribution in [2.75, 3.05) is 7.05 Å². The Bertz CT molecular complexity index is 651. The molecular formula is C17H17BrFNO. The van der Waals surface area contributed by atoms with Crippen molar-refractivity contribution in [2.24, 2.45) is 0 Å². The Morgan fingerprint density at radius 2 is 1.90 bits per heavy atom. The molecule has 2 aromatic rings. The van der Waals surface area contributed by atoms with Gasteiger partial charge in [-0.25, -0.2) is 4.39 Å². The number of aryl methyl sites for hydroxylation is 1. The van der Waals surface area contributed by atoms with Crippen LogP contribution in [0.3, 0.4) is 0 Å². The van der Waals surface area contributed by atoms with Gasteiger partial charge in [0.1, 0.15) is 5.82 Å². The molecule has 110 valence electrons. The van der Waals surface area contributed by atoms with E-state index in [1.165, 1.54) is 6.07 Å². The van der Waals surface area contributed by atoms with E-state index in [9.17, 15) is 9.18 Å². The average molecular weight is 350 g/mol. The summed E-state index contributed by atoms with van der Waals surface area (Å²) in [4.78, 5) is 14.1. The summed E-state index contributed by atoms with van der Waals surface area (Å²) in [6, 6.07) is 11.7. The molecular weight excluding hydrogens is 333 g/mol. The van der Waals surface area contributed by atoms with Crippen LogP contribution in [0.15, 0.2) is 46.9 Å². The maximum absolute atomic E-state index is 13.8. The van der Waals surface area contributed by atoms with Crippen molar-refractivity contribution in [1.29, 1.82) is 0 Å². The first-order valence-corrected chi connectivity index (χ1v) is 7.48. The van der Waals surface area contributed by atoms with Crippen LogP contribution in [0.4, 0.5) is 4.39 Å². The number of benzene rings is 2. The third-order valence-electron chi connectivity index (χ3n) is 3.55. The molecule has 1 unspecified atom stereocenters. The van der Waals surface area contributed by atoms with E-state index in [-0.39, 0.29) is 17.8 Å². The maximum atomic E-state index is 13.8. The van der Waals surface area contributed by atoms with Gasteiger partial charge in [0.2, 0.25) is 0 Å². The molecule has 0 aromatic heterocycles. The van der Waals surface area contributed by atoms with Crippen LogP contribution in [0, 0.1) is 12.7 Å². The van der Waals surface area contributed by atoms with Gasteiger partial charge in [-0.15, -0.1) is 0 Å². The number of halogens is 2. The number of rotatable bonds is 3. The molecule has 4 heteroatoms. The van der Waals surface area contributed by atoms with E-state index in [0.717, 1.165) is 10.0 Å². The molecule has 0 heterocycles. The van der Waals surface area contributed by atoms with Gasteiger partial charge in [0.25, 0.3) is 5.91 Å². The number of hydrogen-bond donors (Lipinski definition) is 0. The van der Waals surface area contributed by atoms with E-state index in [1.54, 1.807) is 36.2 Å². The van der Waals surface area contributed by atoms with Gasteiger partial charge in [-0.05, 0) is 43.7 Å². The molecule has 0 N–H and O–H groups in total. The molecule has 0 aliphatic rings.